The van der Waals surface area contributed by atoms with Crippen LogP contribution in [0.4, 0.5) is 0 Å². The van der Waals surface area contributed by atoms with E-state index in [1.165, 1.54) is 0 Å². The lowest BCUT2D eigenvalue weighted by Gasteiger charge is -2.17. The second-order valence-corrected chi connectivity index (χ2v) is 3.58. The zero-order valence-electron chi connectivity index (χ0n) is 7.36. The standard InChI is InChI=1S/C7H14N2O3S/c1-4(13)9-5(2-6(8)10)3-7(11)12/h4-5,9,13H,2-3H2,1H3,(H2,8,10)(H,11,12). The van der Waals surface area contributed by atoms with Crippen molar-refractivity contribution in [1.82, 2.24) is 5.32 Å². The second-order valence-electron chi connectivity index (χ2n) is 2.81. The van der Waals surface area contributed by atoms with E-state index in [1.807, 2.05) is 0 Å². The van der Waals surface area contributed by atoms with E-state index in [-0.39, 0.29) is 18.2 Å². The first-order chi connectivity index (χ1) is 5.91. The number of carbonyl (C=O) groups is 2. The molecule has 1 amide bonds. The van der Waals surface area contributed by atoms with Crippen LogP contribution < -0.4 is 11.1 Å². The summed E-state index contributed by atoms with van der Waals surface area (Å²) in [5.74, 6) is -1.49. The molecule has 76 valence electrons. The van der Waals surface area contributed by atoms with E-state index in [0.717, 1.165) is 0 Å². The molecule has 0 aliphatic heterocycles. The lowest BCUT2D eigenvalue weighted by molar-refractivity contribution is -0.137. The van der Waals surface area contributed by atoms with Crippen molar-refractivity contribution in [2.75, 3.05) is 0 Å². The number of nitrogens with two attached hydrogens (primary N) is 1. The van der Waals surface area contributed by atoms with Crippen LogP contribution >= 0.6 is 12.6 Å². The molecule has 0 aromatic carbocycles. The summed E-state index contributed by atoms with van der Waals surface area (Å²) < 4.78 is 0. The van der Waals surface area contributed by atoms with Crippen molar-refractivity contribution in [3.63, 3.8) is 0 Å². The van der Waals surface area contributed by atoms with Gasteiger partial charge in [-0.25, -0.2) is 0 Å². The van der Waals surface area contributed by atoms with Crippen molar-refractivity contribution in [2.45, 2.75) is 31.2 Å². The Bertz CT molecular complexity index is 180. The Morgan fingerprint density at radius 1 is 1.54 bits per heavy atom. The van der Waals surface area contributed by atoms with E-state index in [1.54, 1.807) is 6.92 Å². The number of aliphatic carboxylic acids is 1. The Hall–Kier alpha value is -0.750. The predicted octanol–water partition coefficient (Wildman–Crippen LogP) is -0.430. The highest BCUT2D eigenvalue weighted by Crippen LogP contribution is 2.01. The SMILES string of the molecule is CC(S)NC(CC(N)=O)CC(=O)O. The molecule has 4 N–H and O–H groups in total. The lowest BCUT2D eigenvalue weighted by atomic mass is 10.1. The van der Waals surface area contributed by atoms with Crippen LogP contribution in [-0.4, -0.2) is 28.4 Å². The van der Waals surface area contributed by atoms with Gasteiger partial charge < -0.3 is 16.2 Å². The molecular weight excluding hydrogens is 192 g/mol. The van der Waals surface area contributed by atoms with Gasteiger partial charge in [0.15, 0.2) is 0 Å². The van der Waals surface area contributed by atoms with E-state index >= 15 is 0 Å². The lowest BCUT2D eigenvalue weighted by Crippen LogP contribution is -2.38. The number of hydrogen-bond acceptors (Lipinski definition) is 4. The van der Waals surface area contributed by atoms with E-state index in [9.17, 15) is 9.59 Å². The summed E-state index contributed by atoms with van der Waals surface area (Å²) in [4.78, 5) is 20.9. The van der Waals surface area contributed by atoms with E-state index in [2.05, 4.69) is 17.9 Å². The highest BCUT2D eigenvalue weighted by atomic mass is 32.1. The maximum Gasteiger partial charge on any atom is 0.304 e. The van der Waals surface area contributed by atoms with Gasteiger partial charge in [-0.05, 0) is 6.92 Å². The fourth-order valence-corrected chi connectivity index (χ4v) is 1.20. The van der Waals surface area contributed by atoms with Crippen LogP contribution in [0.2, 0.25) is 0 Å². The summed E-state index contributed by atoms with van der Waals surface area (Å²) in [7, 11) is 0. The summed E-state index contributed by atoms with van der Waals surface area (Å²) in [6, 6.07) is -0.442. The van der Waals surface area contributed by atoms with Gasteiger partial charge in [-0.3, -0.25) is 9.59 Å². The van der Waals surface area contributed by atoms with Gasteiger partial charge in [0.25, 0.3) is 0 Å². The summed E-state index contributed by atoms with van der Waals surface area (Å²) in [6.07, 6.45) is -0.120. The Labute approximate surface area is 82.1 Å². The van der Waals surface area contributed by atoms with Crippen LogP contribution in [0.1, 0.15) is 19.8 Å². The minimum absolute atomic E-state index is 0.0111. The molecule has 0 heterocycles. The number of nitrogens with one attached hydrogen (secondary N) is 1. The van der Waals surface area contributed by atoms with Gasteiger partial charge >= 0.3 is 5.97 Å². The van der Waals surface area contributed by atoms with Gasteiger partial charge in [-0.1, -0.05) is 0 Å². The largest absolute Gasteiger partial charge is 0.481 e. The van der Waals surface area contributed by atoms with Crippen molar-refractivity contribution in [1.29, 1.82) is 0 Å². The molecule has 0 bridgehead atoms. The molecule has 0 aliphatic carbocycles. The Kier molecular flexibility index (Phi) is 5.48. The average molecular weight is 206 g/mol. The van der Waals surface area contributed by atoms with Crippen LogP contribution in [0.15, 0.2) is 0 Å². The van der Waals surface area contributed by atoms with E-state index in [0.29, 0.717) is 0 Å². The third-order valence-corrected chi connectivity index (χ3v) is 1.49. The smallest absolute Gasteiger partial charge is 0.304 e. The predicted molar refractivity (Wildman–Crippen MR) is 51.4 cm³/mol. The van der Waals surface area contributed by atoms with Crippen molar-refractivity contribution < 1.29 is 14.7 Å². The second kappa shape index (κ2) is 5.82. The number of amides is 1. The molecule has 5 nitrogen and oxygen atoms in total. The number of thiol groups is 1. The van der Waals surface area contributed by atoms with Crippen LogP contribution in [-0.2, 0) is 9.59 Å². The first-order valence-electron chi connectivity index (χ1n) is 3.86. The van der Waals surface area contributed by atoms with Crippen molar-refractivity contribution in [3.05, 3.63) is 0 Å². The molecule has 0 aromatic rings. The summed E-state index contributed by atoms with van der Waals surface area (Å²) in [6.45, 7) is 1.75. The molecule has 0 fully saturated rings. The average Bonchev–Trinajstić information content (AvgIpc) is 1.80. The molecule has 2 atom stereocenters. The van der Waals surface area contributed by atoms with Gasteiger partial charge in [-0.2, -0.15) is 12.6 Å². The van der Waals surface area contributed by atoms with Crippen LogP contribution in [0.5, 0.6) is 0 Å². The molecular formula is C7H14N2O3S. The molecule has 2 unspecified atom stereocenters. The molecule has 0 rings (SSSR count). The summed E-state index contributed by atoms with van der Waals surface area (Å²) in [5, 5.41) is 11.2. The Morgan fingerprint density at radius 2 is 2.08 bits per heavy atom. The monoisotopic (exact) mass is 206 g/mol. The molecule has 0 radical (unpaired) electrons. The number of primary amides is 1. The topological polar surface area (TPSA) is 92.4 Å². The minimum atomic E-state index is -0.965. The normalized spacial score (nSPS) is 14.9. The van der Waals surface area contributed by atoms with Crippen LogP contribution in [0, 0.1) is 0 Å². The fraction of sp³-hybridized carbons (Fsp3) is 0.714. The third kappa shape index (κ3) is 7.61. The molecule has 13 heavy (non-hydrogen) atoms. The van der Waals surface area contributed by atoms with Crippen molar-refractivity contribution >= 4 is 24.5 Å². The fourth-order valence-electron chi connectivity index (χ4n) is 0.985. The van der Waals surface area contributed by atoms with Crippen LogP contribution in [0.25, 0.3) is 0 Å². The zero-order valence-corrected chi connectivity index (χ0v) is 8.25. The van der Waals surface area contributed by atoms with E-state index in [4.69, 9.17) is 10.8 Å². The summed E-state index contributed by atoms with van der Waals surface area (Å²) in [5.41, 5.74) is 4.95. The Morgan fingerprint density at radius 3 is 2.38 bits per heavy atom. The molecule has 0 aromatic heterocycles. The van der Waals surface area contributed by atoms with Crippen molar-refractivity contribution in [2.24, 2.45) is 5.73 Å². The first kappa shape index (κ1) is 12.2. The van der Waals surface area contributed by atoms with Crippen LogP contribution in [0.3, 0.4) is 0 Å². The number of carboxylic acid groups (broad SMARTS) is 1. The first-order valence-corrected chi connectivity index (χ1v) is 4.37. The summed E-state index contributed by atoms with van der Waals surface area (Å²) >= 11 is 4.03. The molecule has 0 spiro atoms. The Balaban J connectivity index is 4.02. The minimum Gasteiger partial charge on any atom is -0.481 e. The third-order valence-electron chi connectivity index (χ3n) is 1.35. The zero-order chi connectivity index (χ0) is 10.4. The number of carbonyl (C=O) groups excluding carboxylic acids is 1. The highest BCUT2D eigenvalue weighted by molar-refractivity contribution is 7.80. The van der Waals surface area contributed by atoms with Gasteiger partial charge in [0.1, 0.15) is 0 Å². The highest BCUT2D eigenvalue weighted by Gasteiger charge is 2.16. The van der Waals surface area contributed by atoms with Gasteiger partial charge in [0.2, 0.25) is 5.91 Å². The molecule has 0 saturated carbocycles. The van der Waals surface area contributed by atoms with Crippen molar-refractivity contribution in [3.8, 4) is 0 Å². The van der Waals surface area contributed by atoms with Gasteiger partial charge in [-0.15, -0.1) is 0 Å². The number of hydrogen-bond donors (Lipinski definition) is 4. The maximum absolute atomic E-state index is 10.5. The quantitative estimate of drug-likeness (QED) is 0.350. The molecule has 0 saturated heterocycles. The molecule has 6 heteroatoms. The molecule has 0 aliphatic rings. The van der Waals surface area contributed by atoms with Gasteiger partial charge in [0.05, 0.1) is 6.42 Å². The number of rotatable bonds is 6. The van der Waals surface area contributed by atoms with E-state index < -0.39 is 17.9 Å². The number of carboxylic acids is 1. The van der Waals surface area contributed by atoms with Gasteiger partial charge in [0, 0.05) is 17.8 Å². The maximum atomic E-state index is 10.5.